The summed E-state index contributed by atoms with van der Waals surface area (Å²) in [5.41, 5.74) is 5.09. The number of rotatable bonds is 9. The van der Waals surface area contributed by atoms with Crippen LogP contribution in [-0.2, 0) is 19.2 Å². The Kier molecular flexibility index (Phi) is 7.42. The standard InChI is InChI=1S/C17H27NO4/c1-3-15(20)14-7-6-13(16(21)8-9-17(18)22)10-12(14)5-4-11(2)19/h12-14H,3-10H2,1-2H3,(H2,18,22). The minimum absolute atomic E-state index is 0.0236. The van der Waals surface area contributed by atoms with E-state index in [0.29, 0.717) is 38.5 Å². The van der Waals surface area contributed by atoms with Crippen LogP contribution in [0.2, 0.25) is 0 Å². The van der Waals surface area contributed by atoms with Crippen LogP contribution in [0, 0.1) is 17.8 Å². The Hall–Kier alpha value is -1.52. The quantitative estimate of drug-likeness (QED) is 0.706. The van der Waals surface area contributed by atoms with Crippen molar-refractivity contribution in [3.05, 3.63) is 0 Å². The first-order chi connectivity index (χ1) is 10.3. The molecule has 22 heavy (non-hydrogen) atoms. The van der Waals surface area contributed by atoms with Gasteiger partial charge in [0.25, 0.3) is 0 Å². The Bertz CT molecular complexity index is 444. The summed E-state index contributed by atoms with van der Waals surface area (Å²) in [6.07, 6.45) is 3.97. The molecule has 124 valence electrons. The van der Waals surface area contributed by atoms with Crippen LogP contribution in [-0.4, -0.2) is 23.3 Å². The normalized spacial score (nSPS) is 24.7. The predicted octanol–water partition coefficient (Wildman–Crippen LogP) is 2.20. The molecule has 5 heteroatoms. The highest BCUT2D eigenvalue weighted by Crippen LogP contribution is 2.38. The molecule has 1 amide bonds. The van der Waals surface area contributed by atoms with Crippen molar-refractivity contribution in [2.24, 2.45) is 23.5 Å². The van der Waals surface area contributed by atoms with Crippen molar-refractivity contribution in [1.29, 1.82) is 0 Å². The lowest BCUT2D eigenvalue weighted by atomic mass is 9.68. The molecule has 1 aliphatic carbocycles. The molecule has 3 atom stereocenters. The number of Topliss-reactive ketones (excluding diaryl/α,β-unsaturated/α-hetero) is 3. The fourth-order valence-electron chi connectivity index (χ4n) is 3.40. The number of hydrogen-bond donors (Lipinski definition) is 1. The summed E-state index contributed by atoms with van der Waals surface area (Å²) in [5.74, 6) is -0.0683. The molecule has 0 spiro atoms. The summed E-state index contributed by atoms with van der Waals surface area (Å²) in [6, 6.07) is 0. The molecule has 0 bridgehead atoms. The lowest BCUT2D eigenvalue weighted by Crippen LogP contribution is -2.34. The molecule has 0 radical (unpaired) electrons. The maximum atomic E-state index is 12.2. The van der Waals surface area contributed by atoms with E-state index in [4.69, 9.17) is 5.73 Å². The monoisotopic (exact) mass is 309 g/mol. The summed E-state index contributed by atoms with van der Waals surface area (Å²) < 4.78 is 0. The number of nitrogens with two attached hydrogens (primary N) is 1. The van der Waals surface area contributed by atoms with Gasteiger partial charge in [0.15, 0.2) is 0 Å². The maximum absolute atomic E-state index is 12.2. The molecule has 0 aromatic rings. The minimum atomic E-state index is -0.462. The molecular weight excluding hydrogens is 282 g/mol. The third-order valence-corrected chi connectivity index (χ3v) is 4.68. The van der Waals surface area contributed by atoms with Crippen molar-refractivity contribution in [3.63, 3.8) is 0 Å². The largest absolute Gasteiger partial charge is 0.370 e. The smallest absolute Gasteiger partial charge is 0.217 e. The fourth-order valence-corrected chi connectivity index (χ4v) is 3.40. The molecular formula is C17H27NO4. The topological polar surface area (TPSA) is 94.3 Å². The van der Waals surface area contributed by atoms with Crippen LogP contribution in [0.15, 0.2) is 0 Å². The van der Waals surface area contributed by atoms with Crippen LogP contribution in [0.25, 0.3) is 0 Å². The molecule has 5 nitrogen and oxygen atoms in total. The highest BCUT2D eigenvalue weighted by Gasteiger charge is 2.36. The molecule has 1 saturated carbocycles. The van der Waals surface area contributed by atoms with E-state index in [2.05, 4.69) is 0 Å². The van der Waals surface area contributed by atoms with Gasteiger partial charge in [0, 0.05) is 37.5 Å². The number of primary amides is 1. The number of hydrogen-bond acceptors (Lipinski definition) is 4. The van der Waals surface area contributed by atoms with Crippen molar-refractivity contribution < 1.29 is 19.2 Å². The van der Waals surface area contributed by atoms with Crippen molar-refractivity contribution in [2.75, 3.05) is 0 Å². The first-order valence-electron chi connectivity index (χ1n) is 8.18. The van der Waals surface area contributed by atoms with Crippen molar-refractivity contribution >= 4 is 23.3 Å². The highest BCUT2D eigenvalue weighted by molar-refractivity contribution is 5.86. The number of ketones is 3. The first-order valence-corrected chi connectivity index (χ1v) is 8.18. The first kappa shape index (κ1) is 18.5. The Balaban J connectivity index is 2.67. The molecule has 1 aliphatic rings. The van der Waals surface area contributed by atoms with Gasteiger partial charge in [-0.25, -0.2) is 0 Å². The van der Waals surface area contributed by atoms with E-state index >= 15 is 0 Å². The van der Waals surface area contributed by atoms with Crippen LogP contribution < -0.4 is 5.73 Å². The zero-order valence-corrected chi connectivity index (χ0v) is 13.6. The van der Waals surface area contributed by atoms with Gasteiger partial charge < -0.3 is 10.5 Å². The molecule has 1 rings (SSSR count). The van der Waals surface area contributed by atoms with Gasteiger partial charge in [0.1, 0.15) is 17.3 Å². The Morgan fingerprint density at radius 3 is 2.23 bits per heavy atom. The molecule has 0 aromatic heterocycles. The van der Waals surface area contributed by atoms with Crippen molar-refractivity contribution in [2.45, 2.75) is 65.2 Å². The number of carbonyl (C=O) groups excluding carboxylic acids is 4. The van der Waals surface area contributed by atoms with E-state index in [-0.39, 0.29) is 47.9 Å². The molecule has 1 fully saturated rings. The van der Waals surface area contributed by atoms with Crippen LogP contribution in [0.1, 0.15) is 65.2 Å². The van der Waals surface area contributed by atoms with Gasteiger partial charge in [-0.15, -0.1) is 0 Å². The van der Waals surface area contributed by atoms with Gasteiger partial charge in [-0.2, -0.15) is 0 Å². The summed E-state index contributed by atoms with van der Waals surface area (Å²) in [6.45, 7) is 3.41. The van der Waals surface area contributed by atoms with E-state index in [1.807, 2.05) is 6.92 Å². The van der Waals surface area contributed by atoms with E-state index in [9.17, 15) is 19.2 Å². The van der Waals surface area contributed by atoms with Gasteiger partial charge in [0.2, 0.25) is 5.91 Å². The van der Waals surface area contributed by atoms with Crippen molar-refractivity contribution in [1.82, 2.24) is 0 Å². The molecule has 3 unspecified atom stereocenters. The number of carbonyl (C=O) groups is 4. The summed E-state index contributed by atoms with van der Waals surface area (Å²) in [7, 11) is 0. The van der Waals surface area contributed by atoms with Gasteiger partial charge >= 0.3 is 0 Å². The summed E-state index contributed by atoms with van der Waals surface area (Å²) in [5, 5.41) is 0. The molecule has 0 saturated heterocycles. The second kappa shape index (κ2) is 8.81. The van der Waals surface area contributed by atoms with Gasteiger partial charge in [0.05, 0.1) is 0 Å². The third-order valence-electron chi connectivity index (χ3n) is 4.68. The van der Waals surface area contributed by atoms with E-state index < -0.39 is 5.91 Å². The lowest BCUT2D eigenvalue weighted by Gasteiger charge is -2.34. The minimum Gasteiger partial charge on any atom is -0.370 e. The second-order valence-electron chi connectivity index (χ2n) is 6.37. The average molecular weight is 309 g/mol. The summed E-state index contributed by atoms with van der Waals surface area (Å²) in [4.78, 5) is 46.3. The van der Waals surface area contributed by atoms with E-state index in [1.54, 1.807) is 6.92 Å². The highest BCUT2D eigenvalue weighted by atomic mass is 16.1. The zero-order chi connectivity index (χ0) is 16.7. The van der Waals surface area contributed by atoms with E-state index in [0.717, 1.165) is 0 Å². The molecule has 2 N–H and O–H groups in total. The van der Waals surface area contributed by atoms with Gasteiger partial charge in [-0.3, -0.25) is 14.4 Å². The Morgan fingerprint density at radius 2 is 1.68 bits per heavy atom. The van der Waals surface area contributed by atoms with Crippen LogP contribution >= 0.6 is 0 Å². The van der Waals surface area contributed by atoms with Gasteiger partial charge in [-0.1, -0.05) is 6.92 Å². The van der Waals surface area contributed by atoms with Gasteiger partial charge in [-0.05, 0) is 38.5 Å². The van der Waals surface area contributed by atoms with E-state index in [1.165, 1.54) is 0 Å². The Labute approximate surface area is 132 Å². The lowest BCUT2D eigenvalue weighted by molar-refractivity contribution is -0.131. The van der Waals surface area contributed by atoms with Crippen LogP contribution in [0.5, 0.6) is 0 Å². The molecule has 0 heterocycles. The second-order valence-corrected chi connectivity index (χ2v) is 6.37. The molecule has 0 aromatic carbocycles. The molecule has 0 aliphatic heterocycles. The third kappa shape index (κ3) is 5.70. The zero-order valence-electron chi connectivity index (χ0n) is 13.6. The Morgan fingerprint density at radius 1 is 1.00 bits per heavy atom. The summed E-state index contributed by atoms with van der Waals surface area (Å²) >= 11 is 0. The van der Waals surface area contributed by atoms with Crippen LogP contribution in [0.4, 0.5) is 0 Å². The van der Waals surface area contributed by atoms with Crippen molar-refractivity contribution in [3.8, 4) is 0 Å². The predicted molar refractivity (Wildman–Crippen MR) is 83.0 cm³/mol. The maximum Gasteiger partial charge on any atom is 0.217 e. The van der Waals surface area contributed by atoms with Crippen LogP contribution in [0.3, 0.4) is 0 Å². The number of amides is 1. The fraction of sp³-hybridized carbons (Fsp3) is 0.765. The SMILES string of the molecule is CCC(=O)C1CCC(C(=O)CCC(N)=O)CC1CCC(C)=O. The average Bonchev–Trinajstić information content (AvgIpc) is 2.49.